The van der Waals surface area contributed by atoms with E-state index in [4.69, 9.17) is 5.73 Å². The first-order valence-electron chi connectivity index (χ1n) is 4.79. The first-order valence-corrected chi connectivity index (χ1v) is 5.77. The van der Waals surface area contributed by atoms with Gasteiger partial charge in [-0.1, -0.05) is 37.9 Å². The number of rotatable bonds is 2. The van der Waals surface area contributed by atoms with Crippen molar-refractivity contribution in [1.82, 2.24) is 0 Å². The van der Waals surface area contributed by atoms with Gasteiger partial charge in [0.25, 0.3) is 0 Å². The molecule has 0 aromatic rings. The van der Waals surface area contributed by atoms with Crippen molar-refractivity contribution in [2.45, 2.75) is 45.1 Å². The number of hydrogen-bond donors (Lipinski definition) is 1. The summed E-state index contributed by atoms with van der Waals surface area (Å²) in [6, 6.07) is 0.526. The number of aliphatic imine (C=N–C) groups is 1. The van der Waals surface area contributed by atoms with Crippen LogP contribution in [0.2, 0.25) is 0 Å². The van der Waals surface area contributed by atoms with Crippen molar-refractivity contribution < 1.29 is 0 Å². The molecule has 13 heavy (non-hydrogen) atoms. The van der Waals surface area contributed by atoms with E-state index in [0.717, 1.165) is 10.9 Å². The first-order chi connectivity index (χ1) is 5.83. The van der Waals surface area contributed by atoms with Gasteiger partial charge in [0.05, 0.1) is 6.04 Å². The van der Waals surface area contributed by atoms with Gasteiger partial charge in [-0.05, 0) is 18.6 Å². The molecule has 0 heterocycles. The summed E-state index contributed by atoms with van der Waals surface area (Å²) in [6.07, 6.45) is 6.53. The second-order valence-corrected chi connectivity index (χ2v) is 4.48. The van der Waals surface area contributed by atoms with Crippen molar-refractivity contribution in [2.75, 3.05) is 5.75 Å². The molecular weight excluding hydrogens is 248 g/mol. The van der Waals surface area contributed by atoms with Crippen LogP contribution in [-0.4, -0.2) is 17.0 Å². The number of nitrogens with two attached hydrogens (primary N) is 1. The zero-order valence-corrected chi connectivity index (χ0v) is 10.7. The van der Waals surface area contributed by atoms with Crippen LogP contribution in [0.15, 0.2) is 4.99 Å². The Hall–Kier alpha value is 0.300. The Morgan fingerprint density at radius 3 is 2.54 bits per heavy atom. The van der Waals surface area contributed by atoms with Gasteiger partial charge in [-0.15, -0.1) is 17.0 Å². The molecule has 4 heteroatoms. The largest absolute Gasteiger partial charge is 0.379 e. The van der Waals surface area contributed by atoms with E-state index in [1.807, 2.05) is 0 Å². The lowest BCUT2D eigenvalue weighted by atomic mass is 9.96. The van der Waals surface area contributed by atoms with Gasteiger partial charge in [-0.25, -0.2) is 0 Å². The van der Waals surface area contributed by atoms with Crippen LogP contribution in [-0.2, 0) is 0 Å². The molecule has 0 bridgehead atoms. The van der Waals surface area contributed by atoms with Crippen LogP contribution in [0.5, 0.6) is 0 Å². The average molecular weight is 267 g/mol. The van der Waals surface area contributed by atoms with Crippen LogP contribution in [0, 0.1) is 0 Å². The third kappa shape index (κ3) is 5.57. The molecule has 78 valence electrons. The predicted octanol–water partition coefficient (Wildman–Crippen LogP) is 2.96. The van der Waals surface area contributed by atoms with Gasteiger partial charge >= 0.3 is 0 Å². The van der Waals surface area contributed by atoms with Gasteiger partial charge in [-0.3, -0.25) is 4.99 Å². The summed E-state index contributed by atoms with van der Waals surface area (Å²) < 4.78 is 0. The van der Waals surface area contributed by atoms with E-state index in [0.29, 0.717) is 6.04 Å². The maximum absolute atomic E-state index is 5.73. The van der Waals surface area contributed by atoms with Gasteiger partial charge in [0.15, 0.2) is 5.17 Å². The standard InChI is InChI=1S/C9H18N2S.BrH/c1-2-12-9(10)11-8-6-4-3-5-7-8;/h8H,2-7H2,1H3,(H2,10,11);1H. The van der Waals surface area contributed by atoms with Crippen molar-refractivity contribution >= 4 is 33.9 Å². The van der Waals surface area contributed by atoms with Crippen LogP contribution in [0.1, 0.15) is 39.0 Å². The van der Waals surface area contributed by atoms with E-state index >= 15 is 0 Å². The summed E-state index contributed by atoms with van der Waals surface area (Å²) >= 11 is 1.65. The van der Waals surface area contributed by atoms with Crippen molar-refractivity contribution in [2.24, 2.45) is 10.7 Å². The predicted molar refractivity (Wildman–Crippen MR) is 66.9 cm³/mol. The average Bonchev–Trinajstić information content (AvgIpc) is 2.06. The molecule has 0 aromatic carbocycles. The van der Waals surface area contributed by atoms with Gasteiger partial charge in [0, 0.05) is 0 Å². The molecule has 1 aliphatic rings. The zero-order chi connectivity index (χ0) is 8.81. The Labute approximate surface area is 95.5 Å². The third-order valence-electron chi connectivity index (χ3n) is 2.18. The second kappa shape index (κ2) is 7.68. The molecule has 1 saturated carbocycles. The Balaban J connectivity index is 0.00000144. The molecule has 0 amide bonds. The summed E-state index contributed by atoms with van der Waals surface area (Å²) in [5.74, 6) is 1.03. The Kier molecular flexibility index (Phi) is 7.86. The first kappa shape index (κ1) is 13.3. The van der Waals surface area contributed by atoms with E-state index in [9.17, 15) is 0 Å². The number of thioether (sulfide) groups is 1. The molecule has 2 N–H and O–H groups in total. The fourth-order valence-electron chi connectivity index (χ4n) is 1.58. The van der Waals surface area contributed by atoms with Gasteiger partial charge < -0.3 is 5.73 Å². The molecule has 0 radical (unpaired) electrons. The van der Waals surface area contributed by atoms with Crippen molar-refractivity contribution in [1.29, 1.82) is 0 Å². The monoisotopic (exact) mass is 266 g/mol. The van der Waals surface area contributed by atoms with Crippen molar-refractivity contribution in [3.63, 3.8) is 0 Å². The minimum atomic E-state index is 0. The maximum Gasteiger partial charge on any atom is 0.154 e. The Morgan fingerprint density at radius 2 is 2.00 bits per heavy atom. The maximum atomic E-state index is 5.73. The lowest BCUT2D eigenvalue weighted by molar-refractivity contribution is 0.444. The summed E-state index contributed by atoms with van der Waals surface area (Å²) in [7, 11) is 0. The Morgan fingerprint density at radius 1 is 1.38 bits per heavy atom. The molecule has 0 saturated heterocycles. The molecule has 0 aromatic heterocycles. The van der Waals surface area contributed by atoms with E-state index in [2.05, 4.69) is 11.9 Å². The SMILES string of the molecule is Br.CCSC(N)=NC1CCCCC1. The van der Waals surface area contributed by atoms with E-state index in [1.165, 1.54) is 32.1 Å². The minimum absolute atomic E-state index is 0. The molecule has 1 rings (SSSR count). The van der Waals surface area contributed by atoms with Gasteiger partial charge in [0.1, 0.15) is 0 Å². The highest BCUT2D eigenvalue weighted by Gasteiger charge is 2.11. The topological polar surface area (TPSA) is 38.4 Å². The number of hydrogen-bond acceptors (Lipinski definition) is 2. The van der Waals surface area contributed by atoms with E-state index in [-0.39, 0.29) is 17.0 Å². The summed E-state index contributed by atoms with van der Waals surface area (Å²) in [5, 5.41) is 0.782. The molecule has 0 spiro atoms. The molecular formula is C9H19BrN2S. The quantitative estimate of drug-likeness (QED) is 0.617. The van der Waals surface area contributed by atoms with E-state index < -0.39 is 0 Å². The smallest absolute Gasteiger partial charge is 0.154 e. The summed E-state index contributed by atoms with van der Waals surface area (Å²) in [5.41, 5.74) is 5.73. The second-order valence-electron chi connectivity index (χ2n) is 3.19. The van der Waals surface area contributed by atoms with Crippen LogP contribution in [0.3, 0.4) is 0 Å². The van der Waals surface area contributed by atoms with Crippen molar-refractivity contribution in [3.05, 3.63) is 0 Å². The van der Waals surface area contributed by atoms with Crippen LogP contribution in [0.25, 0.3) is 0 Å². The highest BCUT2D eigenvalue weighted by molar-refractivity contribution is 8.93. The number of halogens is 1. The fraction of sp³-hybridized carbons (Fsp3) is 0.889. The van der Waals surface area contributed by atoms with E-state index in [1.54, 1.807) is 11.8 Å². The Bertz CT molecular complexity index is 156. The van der Waals surface area contributed by atoms with Crippen molar-refractivity contribution in [3.8, 4) is 0 Å². The minimum Gasteiger partial charge on any atom is -0.379 e. The number of nitrogens with zero attached hydrogens (tertiary/aromatic N) is 1. The highest BCUT2D eigenvalue weighted by atomic mass is 79.9. The molecule has 2 nitrogen and oxygen atoms in total. The van der Waals surface area contributed by atoms with Crippen LogP contribution >= 0.6 is 28.7 Å². The van der Waals surface area contributed by atoms with Crippen LogP contribution < -0.4 is 5.73 Å². The third-order valence-corrected chi connectivity index (χ3v) is 2.87. The fourth-order valence-corrected chi connectivity index (χ4v) is 2.09. The van der Waals surface area contributed by atoms with Crippen LogP contribution in [0.4, 0.5) is 0 Å². The molecule has 1 fully saturated rings. The lowest BCUT2D eigenvalue weighted by Gasteiger charge is -2.17. The highest BCUT2D eigenvalue weighted by Crippen LogP contribution is 2.20. The van der Waals surface area contributed by atoms with Gasteiger partial charge in [0.2, 0.25) is 0 Å². The molecule has 0 aliphatic heterocycles. The summed E-state index contributed by atoms with van der Waals surface area (Å²) in [6.45, 7) is 2.11. The molecule has 0 unspecified atom stereocenters. The van der Waals surface area contributed by atoms with Gasteiger partial charge in [-0.2, -0.15) is 0 Å². The zero-order valence-electron chi connectivity index (χ0n) is 8.16. The molecule has 0 atom stereocenters. The normalized spacial score (nSPS) is 19.6. The lowest BCUT2D eigenvalue weighted by Crippen LogP contribution is -2.16. The molecule has 1 aliphatic carbocycles. The summed E-state index contributed by atoms with van der Waals surface area (Å²) in [4.78, 5) is 4.48. The number of amidine groups is 1.